The largest absolute Gasteiger partial charge is 0.370 e. The molecule has 154 valence electrons. The fraction of sp³-hybridized carbons (Fsp3) is 0.261. The number of thioether (sulfide) groups is 1. The Morgan fingerprint density at radius 3 is 2.57 bits per heavy atom. The molecule has 0 radical (unpaired) electrons. The number of anilines is 2. The van der Waals surface area contributed by atoms with E-state index in [0.717, 1.165) is 41.4 Å². The van der Waals surface area contributed by atoms with E-state index in [4.69, 9.17) is 0 Å². The average molecular weight is 421 g/mol. The summed E-state index contributed by atoms with van der Waals surface area (Å²) in [5.74, 6) is 2.00. The summed E-state index contributed by atoms with van der Waals surface area (Å²) in [7, 11) is 0. The Morgan fingerprint density at radius 1 is 1.07 bits per heavy atom. The van der Waals surface area contributed by atoms with Gasteiger partial charge in [0.1, 0.15) is 6.54 Å². The van der Waals surface area contributed by atoms with Gasteiger partial charge in [-0.05, 0) is 36.8 Å². The number of amides is 1. The number of rotatable bonds is 5. The summed E-state index contributed by atoms with van der Waals surface area (Å²) >= 11 is 1.98. The molecule has 1 saturated heterocycles. The smallest absolute Gasteiger partial charge is 0.267 e. The fourth-order valence-corrected chi connectivity index (χ4v) is 4.36. The standard InChI is InChI=1S/C23H24N4O2S/c1-17-15-19(26-11-13-30-14-12-26)7-8-20(17)24-22(28)16-27-23(29)10-9-21(25-27)18-5-3-2-4-6-18/h2-10,15H,11-14,16H2,1H3,(H,24,28). The third-order valence-electron chi connectivity index (χ3n) is 5.09. The van der Waals surface area contributed by atoms with Crippen molar-refractivity contribution in [1.82, 2.24) is 9.78 Å². The van der Waals surface area contributed by atoms with Gasteiger partial charge in [0.15, 0.2) is 0 Å². The van der Waals surface area contributed by atoms with Crippen molar-refractivity contribution in [2.24, 2.45) is 0 Å². The molecule has 3 aromatic rings. The minimum Gasteiger partial charge on any atom is -0.370 e. The number of hydrogen-bond acceptors (Lipinski definition) is 5. The van der Waals surface area contributed by atoms with E-state index in [1.807, 2.05) is 61.2 Å². The summed E-state index contributed by atoms with van der Waals surface area (Å²) < 4.78 is 1.20. The van der Waals surface area contributed by atoms with E-state index in [-0.39, 0.29) is 18.0 Å². The molecule has 1 N–H and O–H groups in total. The molecule has 0 saturated carbocycles. The Hall–Kier alpha value is -3.06. The quantitative estimate of drug-likeness (QED) is 0.685. The summed E-state index contributed by atoms with van der Waals surface area (Å²) in [6.07, 6.45) is 0. The van der Waals surface area contributed by atoms with Crippen molar-refractivity contribution in [3.05, 3.63) is 76.6 Å². The lowest BCUT2D eigenvalue weighted by Gasteiger charge is -2.29. The second-order valence-electron chi connectivity index (χ2n) is 7.23. The molecule has 1 fully saturated rings. The van der Waals surface area contributed by atoms with Crippen LogP contribution in [-0.2, 0) is 11.3 Å². The molecule has 2 aromatic carbocycles. The number of hydrogen-bond donors (Lipinski definition) is 1. The Labute approximate surface area is 179 Å². The number of carbonyl (C=O) groups is 1. The number of nitrogens with zero attached hydrogens (tertiary/aromatic N) is 3. The SMILES string of the molecule is Cc1cc(N2CCSCC2)ccc1NC(=O)Cn1nc(-c2ccccc2)ccc1=O. The van der Waals surface area contributed by atoms with Crippen LogP contribution in [0, 0.1) is 6.92 Å². The Kier molecular flexibility index (Phi) is 6.18. The number of benzene rings is 2. The number of aryl methyl sites for hydroxylation is 1. The molecule has 0 unspecified atom stereocenters. The summed E-state index contributed by atoms with van der Waals surface area (Å²) in [6, 6.07) is 18.8. The maximum Gasteiger partial charge on any atom is 0.267 e. The molecule has 4 rings (SSSR count). The van der Waals surface area contributed by atoms with E-state index in [1.165, 1.54) is 16.4 Å². The van der Waals surface area contributed by atoms with Gasteiger partial charge in [-0.15, -0.1) is 0 Å². The van der Waals surface area contributed by atoms with Gasteiger partial charge in [-0.25, -0.2) is 4.68 Å². The van der Waals surface area contributed by atoms with Gasteiger partial charge in [-0.3, -0.25) is 9.59 Å². The van der Waals surface area contributed by atoms with Crippen molar-refractivity contribution in [3.8, 4) is 11.3 Å². The Balaban J connectivity index is 1.46. The van der Waals surface area contributed by atoms with Gasteiger partial charge in [-0.1, -0.05) is 30.3 Å². The van der Waals surface area contributed by atoms with Crippen LogP contribution in [0.25, 0.3) is 11.3 Å². The zero-order valence-electron chi connectivity index (χ0n) is 16.9. The highest BCUT2D eigenvalue weighted by Gasteiger charge is 2.14. The first kappa shape index (κ1) is 20.2. The van der Waals surface area contributed by atoms with Gasteiger partial charge in [0.2, 0.25) is 5.91 Å². The van der Waals surface area contributed by atoms with Crippen LogP contribution < -0.4 is 15.8 Å². The van der Waals surface area contributed by atoms with E-state index >= 15 is 0 Å². The Morgan fingerprint density at radius 2 is 1.83 bits per heavy atom. The topological polar surface area (TPSA) is 67.2 Å². The van der Waals surface area contributed by atoms with Crippen molar-refractivity contribution < 1.29 is 4.79 Å². The van der Waals surface area contributed by atoms with Crippen molar-refractivity contribution in [3.63, 3.8) is 0 Å². The van der Waals surface area contributed by atoms with Crippen LogP contribution in [0.2, 0.25) is 0 Å². The number of carbonyl (C=O) groups excluding carboxylic acids is 1. The molecule has 0 atom stereocenters. The monoisotopic (exact) mass is 420 g/mol. The van der Waals surface area contributed by atoms with E-state index in [1.54, 1.807) is 6.07 Å². The minimum absolute atomic E-state index is 0.135. The summed E-state index contributed by atoms with van der Waals surface area (Å²) in [5, 5.41) is 7.27. The predicted octanol–water partition coefficient (Wildman–Crippen LogP) is 3.41. The third kappa shape index (κ3) is 4.74. The molecular formula is C23H24N4O2S. The van der Waals surface area contributed by atoms with Gasteiger partial charge in [0.05, 0.1) is 5.69 Å². The average Bonchev–Trinajstić information content (AvgIpc) is 2.78. The molecule has 0 bridgehead atoms. The van der Waals surface area contributed by atoms with E-state index < -0.39 is 0 Å². The number of nitrogens with one attached hydrogen (secondary N) is 1. The zero-order valence-corrected chi connectivity index (χ0v) is 17.7. The van der Waals surface area contributed by atoms with Crippen LogP contribution in [0.4, 0.5) is 11.4 Å². The van der Waals surface area contributed by atoms with Crippen LogP contribution >= 0.6 is 11.8 Å². The van der Waals surface area contributed by atoms with Crippen molar-refractivity contribution >= 4 is 29.0 Å². The summed E-state index contributed by atoms with van der Waals surface area (Å²) in [4.78, 5) is 27.2. The lowest BCUT2D eigenvalue weighted by atomic mass is 10.1. The van der Waals surface area contributed by atoms with E-state index in [9.17, 15) is 9.59 Å². The molecule has 1 aromatic heterocycles. The molecule has 0 aliphatic carbocycles. The minimum atomic E-state index is -0.306. The highest BCUT2D eigenvalue weighted by atomic mass is 32.2. The first-order chi connectivity index (χ1) is 14.6. The molecule has 30 heavy (non-hydrogen) atoms. The Bertz CT molecular complexity index is 1090. The maximum atomic E-state index is 12.6. The molecule has 6 nitrogen and oxygen atoms in total. The summed E-state index contributed by atoms with van der Waals surface area (Å²) in [6.45, 7) is 3.94. The first-order valence-electron chi connectivity index (χ1n) is 9.97. The van der Waals surface area contributed by atoms with Crippen LogP contribution in [-0.4, -0.2) is 40.3 Å². The predicted molar refractivity (Wildman–Crippen MR) is 123 cm³/mol. The van der Waals surface area contributed by atoms with Crippen molar-refractivity contribution in [2.45, 2.75) is 13.5 Å². The molecular weight excluding hydrogens is 396 g/mol. The maximum absolute atomic E-state index is 12.6. The van der Waals surface area contributed by atoms with Gasteiger partial charge in [0, 0.05) is 47.6 Å². The molecule has 7 heteroatoms. The second-order valence-corrected chi connectivity index (χ2v) is 8.45. The van der Waals surface area contributed by atoms with Gasteiger partial charge >= 0.3 is 0 Å². The third-order valence-corrected chi connectivity index (χ3v) is 6.03. The lowest BCUT2D eigenvalue weighted by molar-refractivity contribution is -0.117. The molecule has 1 aliphatic rings. The molecule has 2 heterocycles. The second kappa shape index (κ2) is 9.17. The van der Waals surface area contributed by atoms with Crippen LogP contribution in [0.5, 0.6) is 0 Å². The van der Waals surface area contributed by atoms with Crippen molar-refractivity contribution in [1.29, 1.82) is 0 Å². The van der Waals surface area contributed by atoms with Crippen LogP contribution in [0.15, 0.2) is 65.5 Å². The van der Waals surface area contributed by atoms with E-state index in [2.05, 4.69) is 21.4 Å². The van der Waals surface area contributed by atoms with Crippen molar-refractivity contribution in [2.75, 3.05) is 34.8 Å². The molecule has 0 spiro atoms. The summed E-state index contributed by atoms with van der Waals surface area (Å²) in [5.41, 5.74) is 4.18. The highest BCUT2D eigenvalue weighted by Crippen LogP contribution is 2.25. The lowest BCUT2D eigenvalue weighted by Crippen LogP contribution is -2.32. The highest BCUT2D eigenvalue weighted by molar-refractivity contribution is 7.99. The zero-order chi connectivity index (χ0) is 20.9. The van der Waals surface area contributed by atoms with Gasteiger partial charge in [-0.2, -0.15) is 16.9 Å². The fourth-order valence-electron chi connectivity index (χ4n) is 3.46. The van der Waals surface area contributed by atoms with Crippen LogP contribution in [0.3, 0.4) is 0 Å². The van der Waals surface area contributed by atoms with E-state index in [0.29, 0.717) is 5.69 Å². The normalized spacial score (nSPS) is 13.8. The van der Waals surface area contributed by atoms with Crippen LogP contribution in [0.1, 0.15) is 5.56 Å². The number of aromatic nitrogens is 2. The van der Waals surface area contributed by atoms with Gasteiger partial charge in [0.25, 0.3) is 5.56 Å². The molecule has 1 amide bonds. The molecule has 1 aliphatic heterocycles. The first-order valence-corrected chi connectivity index (χ1v) is 11.1. The van der Waals surface area contributed by atoms with Gasteiger partial charge < -0.3 is 10.2 Å².